The van der Waals surface area contributed by atoms with Crippen molar-refractivity contribution in [2.24, 2.45) is 0 Å². The number of carbonyl (C=O) groups is 2. The van der Waals surface area contributed by atoms with Gasteiger partial charge in [0.05, 0.1) is 34.8 Å². The van der Waals surface area contributed by atoms with Crippen molar-refractivity contribution >= 4 is 29.0 Å². The lowest BCUT2D eigenvalue weighted by molar-refractivity contribution is -0.394. The number of rotatable bonds is 8. The lowest BCUT2D eigenvalue weighted by Crippen LogP contribution is -2.19. The normalized spacial score (nSPS) is 9.68. The summed E-state index contributed by atoms with van der Waals surface area (Å²) in [5, 5.41) is 24.1. The number of ether oxygens (including phenoxy) is 2. The molecule has 0 spiro atoms. The number of benzene rings is 1. The van der Waals surface area contributed by atoms with E-state index in [0.29, 0.717) is 0 Å². The van der Waals surface area contributed by atoms with E-state index in [1.54, 1.807) is 0 Å². The quantitative estimate of drug-likeness (QED) is 0.184. The Bertz CT molecular complexity index is 677. The fraction of sp³-hybridized carbons (Fsp3) is 0.286. The van der Waals surface area contributed by atoms with E-state index in [1.807, 2.05) is 0 Å². The van der Waals surface area contributed by atoms with Crippen LogP contribution in [0.4, 0.5) is 17.1 Å². The average molecular weight is 353 g/mol. The molecule has 0 aliphatic carbocycles. The van der Waals surface area contributed by atoms with Crippen LogP contribution in [0.1, 0.15) is 13.8 Å². The second-order valence-electron chi connectivity index (χ2n) is 4.40. The molecule has 0 aliphatic heterocycles. The minimum absolute atomic E-state index is 0.0118. The van der Waals surface area contributed by atoms with Gasteiger partial charge in [-0.3, -0.25) is 20.2 Å². The molecule has 0 aromatic heterocycles. The summed E-state index contributed by atoms with van der Waals surface area (Å²) in [6.07, 6.45) is 0.915. The lowest BCUT2D eigenvalue weighted by Gasteiger charge is -2.07. The van der Waals surface area contributed by atoms with Crippen molar-refractivity contribution in [1.29, 1.82) is 0 Å². The Hall–Kier alpha value is -3.50. The summed E-state index contributed by atoms with van der Waals surface area (Å²) >= 11 is 0. The summed E-state index contributed by atoms with van der Waals surface area (Å²) < 4.78 is 9.44. The third-order valence-electron chi connectivity index (χ3n) is 2.70. The van der Waals surface area contributed by atoms with Crippen LogP contribution in [-0.4, -0.2) is 35.0 Å². The molecule has 0 amide bonds. The van der Waals surface area contributed by atoms with Crippen LogP contribution < -0.4 is 5.32 Å². The largest absolute Gasteiger partial charge is 0.462 e. The van der Waals surface area contributed by atoms with Gasteiger partial charge in [0, 0.05) is 18.3 Å². The van der Waals surface area contributed by atoms with Gasteiger partial charge in [0.1, 0.15) is 0 Å². The van der Waals surface area contributed by atoms with Crippen LogP contribution >= 0.6 is 0 Å². The first-order valence-electron chi connectivity index (χ1n) is 7.04. The highest BCUT2D eigenvalue weighted by molar-refractivity contribution is 6.14. The van der Waals surface area contributed by atoms with Gasteiger partial charge in [-0.05, 0) is 13.8 Å². The number of non-ortho nitro benzene ring substituents is 2. The Balaban J connectivity index is 3.20. The first-order chi connectivity index (χ1) is 11.8. The molecule has 0 saturated heterocycles. The zero-order valence-corrected chi connectivity index (χ0v) is 13.4. The lowest BCUT2D eigenvalue weighted by atomic mass is 10.2. The summed E-state index contributed by atoms with van der Waals surface area (Å²) in [6, 6.07) is 2.81. The van der Waals surface area contributed by atoms with Gasteiger partial charge in [0.15, 0.2) is 5.57 Å². The predicted molar refractivity (Wildman–Crippen MR) is 84.7 cm³/mol. The number of carbonyl (C=O) groups excluding carboxylic acids is 2. The van der Waals surface area contributed by atoms with Crippen LogP contribution in [0.15, 0.2) is 30.0 Å². The van der Waals surface area contributed by atoms with E-state index in [-0.39, 0.29) is 18.9 Å². The molecule has 1 rings (SSSR count). The first kappa shape index (κ1) is 19.5. The molecule has 0 unspecified atom stereocenters. The van der Waals surface area contributed by atoms with Gasteiger partial charge in [0.25, 0.3) is 11.4 Å². The maximum atomic E-state index is 11.8. The molecule has 134 valence electrons. The topological polar surface area (TPSA) is 151 Å². The third kappa shape index (κ3) is 5.57. The van der Waals surface area contributed by atoms with E-state index in [4.69, 9.17) is 9.47 Å². The monoisotopic (exact) mass is 353 g/mol. The molecule has 0 fully saturated rings. The van der Waals surface area contributed by atoms with E-state index in [2.05, 4.69) is 5.32 Å². The zero-order chi connectivity index (χ0) is 19.0. The van der Waals surface area contributed by atoms with E-state index in [9.17, 15) is 29.8 Å². The van der Waals surface area contributed by atoms with Gasteiger partial charge < -0.3 is 14.8 Å². The zero-order valence-electron chi connectivity index (χ0n) is 13.4. The SMILES string of the molecule is CCOC(=O)C(=CNc1cc([N+](=O)[O-])cc([N+](=O)[O-])c1)C(=O)OCC. The van der Waals surface area contributed by atoms with E-state index < -0.39 is 38.7 Å². The number of hydrogen-bond donors (Lipinski definition) is 1. The van der Waals surface area contributed by atoms with E-state index in [1.165, 1.54) is 13.8 Å². The molecule has 1 aromatic rings. The number of nitro benzene ring substituents is 2. The van der Waals surface area contributed by atoms with Gasteiger partial charge >= 0.3 is 11.9 Å². The van der Waals surface area contributed by atoms with E-state index >= 15 is 0 Å². The molecule has 0 radical (unpaired) electrons. The molecule has 0 atom stereocenters. The van der Waals surface area contributed by atoms with Gasteiger partial charge in [-0.1, -0.05) is 0 Å². The van der Waals surface area contributed by atoms with Crippen molar-refractivity contribution in [3.05, 3.63) is 50.2 Å². The average Bonchev–Trinajstić information content (AvgIpc) is 2.55. The van der Waals surface area contributed by atoms with Gasteiger partial charge in [-0.2, -0.15) is 0 Å². The minimum Gasteiger partial charge on any atom is -0.462 e. The Kier molecular flexibility index (Phi) is 7.00. The summed E-state index contributed by atoms with van der Waals surface area (Å²) in [6.45, 7) is 3.10. The number of esters is 2. The standard InChI is InChI=1S/C14H15N3O8/c1-3-24-13(18)12(14(19)25-4-2)8-15-9-5-10(16(20)21)7-11(6-9)17(22)23/h5-8,15H,3-4H2,1-2H3. The molecule has 25 heavy (non-hydrogen) atoms. The van der Waals surface area contributed by atoms with E-state index in [0.717, 1.165) is 24.4 Å². The molecule has 1 aromatic carbocycles. The van der Waals surface area contributed by atoms with Crippen LogP contribution in [0.3, 0.4) is 0 Å². The van der Waals surface area contributed by atoms with Crippen LogP contribution in [0.25, 0.3) is 0 Å². The number of nitro groups is 2. The second kappa shape index (κ2) is 8.96. The Morgan fingerprint density at radius 1 is 1.00 bits per heavy atom. The highest BCUT2D eigenvalue weighted by atomic mass is 16.6. The first-order valence-corrected chi connectivity index (χ1v) is 7.04. The summed E-state index contributed by atoms with van der Waals surface area (Å²) in [5.41, 5.74) is -1.61. The second-order valence-corrected chi connectivity index (χ2v) is 4.40. The van der Waals surface area contributed by atoms with Crippen LogP contribution in [0, 0.1) is 20.2 Å². The smallest absolute Gasteiger partial charge is 0.347 e. The maximum Gasteiger partial charge on any atom is 0.347 e. The van der Waals surface area contributed by atoms with Crippen molar-refractivity contribution in [3.63, 3.8) is 0 Å². The van der Waals surface area contributed by atoms with Crippen molar-refractivity contribution in [3.8, 4) is 0 Å². The minimum atomic E-state index is -0.964. The number of anilines is 1. The van der Waals surface area contributed by atoms with Crippen LogP contribution in [0.2, 0.25) is 0 Å². The molecule has 1 N–H and O–H groups in total. The fourth-order valence-corrected chi connectivity index (χ4v) is 1.66. The van der Waals surface area contributed by atoms with Crippen molar-refractivity contribution in [2.45, 2.75) is 13.8 Å². The molecule has 0 bridgehead atoms. The van der Waals surface area contributed by atoms with Gasteiger partial charge in [0.2, 0.25) is 0 Å². The molecule has 11 heteroatoms. The predicted octanol–water partition coefficient (Wildman–Crippen LogP) is 1.92. The highest BCUT2D eigenvalue weighted by Gasteiger charge is 2.22. The molecule has 0 saturated carbocycles. The molecule has 0 heterocycles. The molecule has 0 aliphatic rings. The highest BCUT2D eigenvalue weighted by Crippen LogP contribution is 2.26. The van der Waals surface area contributed by atoms with Gasteiger partial charge in [-0.25, -0.2) is 9.59 Å². The molecule has 11 nitrogen and oxygen atoms in total. The third-order valence-corrected chi connectivity index (χ3v) is 2.70. The summed E-state index contributed by atoms with van der Waals surface area (Å²) in [5.74, 6) is -1.93. The van der Waals surface area contributed by atoms with Crippen molar-refractivity contribution < 1.29 is 28.9 Å². The number of hydrogen-bond acceptors (Lipinski definition) is 9. The summed E-state index contributed by atoms with van der Waals surface area (Å²) in [7, 11) is 0. The van der Waals surface area contributed by atoms with Gasteiger partial charge in [-0.15, -0.1) is 0 Å². The van der Waals surface area contributed by atoms with Crippen LogP contribution in [0.5, 0.6) is 0 Å². The molecular weight excluding hydrogens is 338 g/mol. The fourth-order valence-electron chi connectivity index (χ4n) is 1.66. The molecular formula is C14H15N3O8. The Labute approximate surface area is 141 Å². The Morgan fingerprint density at radius 3 is 1.80 bits per heavy atom. The van der Waals surface area contributed by atoms with Crippen molar-refractivity contribution in [1.82, 2.24) is 0 Å². The summed E-state index contributed by atoms with van der Waals surface area (Å²) in [4.78, 5) is 43.6. The number of nitrogens with one attached hydrogen (secondary N) is 1. The number of nitrogens with zero attached hydrogens (tertiary/aromatic N) is 2. The Morgan fingerprint density at radius 2 is 1.44 bits per heavy atom. The maximum absolute atomic E-state index is 11.8. The van der Waals surface area contributed by atoms with Crippen molar-refractivity contribution in [2.75, 3.05) is 18.5 Å². The van der Waals surface area contributed by atoms with Crippen LogP contribution in [-0.2, 0) is 19.1 Å².